The third-order valence-electron chi connectivity index (χ3n) is 3.53. The molecule has 0 nitrogen and oxygen atoms in total. The summed E-state index contributed by atoms with van der Waals surface area (Å²) in [5, 5.41) is 2.32. The first-order chi connectivity index (χ1) is 10.1. The minimum Gasteiger partial charge on any atom is -0.207 e. The summed E-state index contributed by atoms with van der Waals surface area (Å²) < 4.78 is 14.7. The third kappa shape index (κ3) is 2.90. The van der Waals surface area contributed by atoms with Gasteiger partial charge < -0.3 is 0 Å². The monoisotopic (exact) mass is 406 g/mol. The molecule has 3 aromatic rings. The van der Waals surface area contributed by atoms with Crippen molar-refractivity contribution in [2.75, 3.05) is 0 Å². The van der Waals surface area contributed by atoms with Crippen LogP contribution in [-0.4, -0.2) is 0 Å². The van der Waals surface area contributed by atoms with Crippen molar-refractivity contribution in [1.29, 1.82) is 0 Å². The number of aryl methyl sites for hydroxylation is 1. The zero-order chi connectivity index (χ0) is 15.0. The lowest BCUT2D eigenvalue weighted by Crippen LogP contribution is -1.96. The van der Waals surface area contributed by atoms with Crippen molar-refractivity contribution in [3.05, 3.63) is 81.6 Å². The summed E-state index contributed by atoms with van der Waals surface area (Å²) in [5.74, 6) is -0.198. The van der Waals surface area contributed by atoms with Crippen LogP contribution < -0.4 is 0 Å². The van der Waals surface area contributed by atoms with Crippen molar-refractivity contribution < 1.29 is 4.39 Å². The predicted octanol–water partition coefficient (Wildman–Crippen LogP) is 6.53. The summed E-state index contributed by atoms with van der Waals surface area (Å²) in [7, 11) is 0. The van der Waals surface area contributed by atoms with E-state index >= 15 is 0 Å². The van der Waals surface area contributed by atoms with E-state index in [0.29, 0.717) is 0 Å². The molecule has 0 bridgehead atoms. The van der Waals surface area contributed by atoms with Crippen molar-refractivity contribution in [2.45, 2.75) is 11.8 Å². The molecular weight excluding hydrogens is 395 g/mol. The fraction of sp³-hybridized carbons (Fsp3) is 0.111. The van der Waals surface area contributed by atoms with E-state index in [9.17, 15) is 4.39 Å². The van der Waals surface area contributed by atoms with E-state index in [2.05, 4.69) is 50.1 Å². The van der Waals surface area contributed by atoms with Gasteiger partial charge in [-0.3, -0.25) is 0 Å². The maximum atomic E-state index is 13.7. The van der Waals surface area contributed by atoms with Gasteiger partial charge in [-0.1, -0.05) is 68.3 Å². The Labute approximate surface area is 140 Å². The van der Waals surface area contributed by atoms with Gasteiger partial charge in [0.2, 0.25) is 0 Å². The second-order valence-electron chi connectivity index (χ2n) is 5.11. The van der Waals surface area contributed by atoms with Gasteiger partial charge in [-0.25, -0.2) is 4.39 Å². The molecule has 0 aromatic heterocycles. The summed E-state index contributed by atoms with van der Waals surface area (Å²) in [4.78, 5) is -0.0371. The van der Waals surface area contributed by atoms with E-state index in [-0.39, 0.29) is 10.6 Å². The molecule has 106 valence electrons. The number of benzene rings is 3. The first-order valence-electron chi connectivity index (χ1n) is 6.64. The Bertz CT molecular complexity index is 791. The molecule has 1 atom stereocenters. The van der Waals surface area contributed by atoms with Crippen LogP contribution in [0.3, 0.4) is 0 Å². The summed E-state index contributed by atoms with van der Waals surface area (Å²) in [6, 6.07) is 17.5. The largest absolute Gasteiger partial charge is 0.207 e. The summed E-state index contributed by atoms with van der Waals surface area (Å²) in [6.07, 6.45) is 0. The average molecular weight is 408 g/mol. The maximum absolute atomic E-state index is 13.7. The van der Waals surface area contributed by atoms with Gasteiger partial charge >= 0.3 is 0 Å². The predicted molar refractivity (Wildman–Crippen MR) is 93.6 cm³/mol. The Morgan fingerprint density at radius 3 is 2.38 bits per heavy atom. The molecule has 0 N–H and O–H groups in total. The smallest absolute Gasteiger partial charge is 0.123 e. The fourth-order valence-corrected chi connectivity index (χ4v) is 3.74. The van der Waals surface area contributed by atoms with Crippen LogP contribution in [0.25, 0.3) is 10.8 Å². The number of hydrogen-bond donors (Lipinski definition) is 0. The van der Waals surface area contributed by atoms with E-state index in [4.69, 9.17) is 0 Å². The van der Waals surface area contributed by atoms with Gasteiger partial charge in [0.1, 0.15) is 5.82 Å². The van der Waals surface area contributed by atoms with Gasteiger partial charge in [0.05, 0.1) is 4.83 Å². The normalized spacial score (nSPS) is 12.6. The molecule has 0 aliphatic heterocycles. The fourth-order valence-electron chi connectivity index (χ4n) is 2.60. The van der Waals surface area contributed by atoms with Crippen molar-refractivity contribution in [3.8, 4) is 0 Å². The lowest BCUT2D eigenvalue weighted by Gasteiger charge is -2.15. The van der Waals surface area contributed by atoms with Crippen molar-refractivity contribution >= 4 is 42.6 Å². The van der Waals surface area contributed by atoms with Crippen LogP contribution in [0, 0.1) is 12.7 Å². The number of hydrogen-bond acceptors (Lipinski definition) is 0. The van der Waals surface area contributed by atoms with Gasteiger partial charge in [-0.2, -0.15) is 0 Å². The molecule has 0 spiro atoms. The number of fused-ring (bicyclic) bond motifs is 1. The highest BCUT2D eigenvalue weighted by Gasteiger charge is 2.15. The lowest BCUT2D eigenvalue weighted by atomic mass is 9.97. The molecule has 0 saturated carbocycles. The molecule has 0 saturated heterocycles. The summed E-state index contributed by atoms with van der Waals surface area (Å²) in [6.45, 7) is 1.91. The van der Waals surface area contributed by atoms with Gasteiger partial charge in [0.15, 0.2) is 0 Å². The Kier molecular flexibility index (Phi) is 4.14. The Balaban J connectivity index is 2.18. The SMILES string of the molecule is Cc1cc(F)cc(C(Br)c2ccc(Br)c3ccccc23)c1. The zero-order valence-corrected chi connectivity index (χ0v) is 14.6. The van der Waals surface area contributed by atoms with Gasteiger partial charge in [0.25, 0.3) is 0 Å². The van der Waals surface area contributed by atoms with Gasteiger partial charge in [-0.05, 0) is 52.6 Å². The standard InChI is InChI=1S/C18H13Br2F/c1-11-8-12(10-13(21)9-11)18(20)16-6-7-17(19)15-5-3-2-4-14(15)16/h2-10,18H,1H3. The van der Waals surface area contributed by atoms with Crippen LogP contribution in [0.15, 0.2) is 59.1 Å². The Morgan fingerprint density at radius 1 is 0.952 bits per heavy atom. The van der Waals surface area contributed by atoms with Gasteiger partial charge in [-0.15, -0.1) is 0 Å². The van der Waals surface area contributed by atoms with E-state index in [1.807, 2.05) is 31.2 Å². The second-order valence-corrected chi connectivity index (χ2v) is 6.88. The zero-order valence-electron chi connectivity index (χ0n) is 11.4. The first kappa shape index (κ1) is 14.7. The summed E-state index contributed by atoms with van der Waals surface area (Å²) >= 11 is 7.31. The van der Waals surface area contributed by atoms with Crippen molar-refractivity contribution in [2.24, 2.45) is 0 Å². The Morgan fingerprint density at radius 2 is 1.67 bits per heavy atom. The van der Waals surface area contributed by atoms with Crippen molar-refractivity contribution in [3.63, 3.8) is 0 Å². The Hall–Kier alpha value is -1.19. The summed E-state index contributed by atoms with van der Waals surface area (Å²) in [5.41, 5.74) is 3.00. The molecule has 0 radical (unpaired) electrons. The molecule has 0 amide bonds. The van der Waals surface area contributed by atoms with Crippen LogP contribution in [0.1, 0.15) is 21.5 Å². The highest BCUT2D eigenvalue weighted by molar-refractivity contribution is 9.10. The van der Waals surface area contributed by atoms with Crippen molar-refractivity contribution in [1.82, 2.24) is 0 Å². The van der Waals surface area contributed by atoms with E-state index in [0.717, 1.165) is 31.9 Å². The molecule has 0 aliphatic rings. The molecule has 0 heterocycles. The third-order valence-corrected chi connectivity index (χ3v) is 5.25. The minimum atomic E-state index is -0.198. The first-order valence-corrected chi connectivity index (χ1v) is 8.35. The number of alkyl halides is 1. The van der Waals surface area contributed by atoms with E-state index in [1.54, 1.807) is 12.1 Å². The second kappa shape index (κ2) is 5.90. The highest BCUT2D eigenvalue weighted by atomic mass is 79.9. The van der Waals surface area contributed by atoms with Gasteiger partial charge in [0, 0.05) is 4.47 Å². The minimum absolute atomic E-state index is 0.0371. The molecular formula is C18H13Br2F. The van der Waals surface area contributed by atoms with Crippen LogP contribution in [-0.2, 0) is 0 Å². The quantitative estimate of drug-likeness (QED) is 0.423. The molecule has 3 rings (SSSR count). The molecule has 3 aromatic carbocycles. The maximum Gasteiger partial charge on any atom is 0.123 e. The topological polar surface area (TPSA) is 0 Å². The molecule has 21 heavy (non-hydrogen) atoms. The van der Waals surface area contributed by atoms with Crippen LogP contribution in [0.4, 0.5) is 4.39 Å². The highest BCUT2D eigenvalue weighted by Crippen LogP contribution is 2.38. The molecule has 1 unspecified atom stereocenters. The molecule has 3 heteroatoms. The van der Waals surface area contributed by atoms with Crippen LogP contribution >= 0.6 is 31.9 Å². The van der Waals surface area contributed by atoms with Crippen LogP contribution in [0.5, 0.6) is 0 Å². The van der Waals surface area contributed by atoms with Crippen LogP contribution in [0.2, 0.25) is 0 Å². The number of halogens is 3. The van der Waals surface area contributed by atoms with E-state index in [1.165, 1.54) is 0 Å². The van der Waals surface area contributed by atoms with E-state index < -0.39 is 0 Å². The lowest BCUT2D eigenvalue weighted by molar-refractivity contribution is 0.624. The number of rotatable bonds is 2. The molecule has 0 fully saturated rings. The molecule has 0 aliphatic carbocycles. The average Bonchev–Trinajstić information content (AvgIpc) is 2.46.